The third-order valence-corrected chi connectivity index (χ3v) is 3.85. The van der Waals surface area contributed by atoms with Crippen LogP contribution in [0.25, 0.3) is 10.8 Å². The van der Waals surface area contributed by atoms with E-state index in [4.69, 9.17) is 0 Å². The Hall–Kier alpha value is -3.15. The van der Waals surface area contributed by atoms with E-state index in [0.717, 1.165) is 0 Å². The molecule has 0 spiro atoms. The van der Waals surface area contributed by atoms with E-state index < -0.39 is 0 Å². The molecule has 0 unspecified atom stereocenters. The molecule has 0 aliphatic rings. The highest BCUT2D eigenvalue weighted by Crippen LogP contribution is 2.21. The monoisotopic (exact) mass is 325 g/mol. The van der Waals surface area contributed by atoms with Crippen molar-refractivity contribution in [3.05, 3.63) is 70.9 Å². The molecule has 3 aromatic rings. The molecule has 1 aromatic heterocycles. The third kappa shape index (κ3) is 2.86. The van der Waals surface area contributed by atoms with Gasteiger partial charge in [-0.1, -0.05) is 18.2 Å². The summed E-state index contributed by atoms with van der Waals surface area (Å²) in [6, 6.07) is 12.3. The average Bonchev–Trinajstić information content (AvgIpc) is 2.59. The van der Waals surface area contributed by atoms with Crippen LogP contribution < -0.4 is 15.8 Å². The van der Waals surface area contributed by atoms with Crippen LogP contribution in [0.3, 0.4) is 0 Å². The molecule has 6 heteroatoms. The Morgan fingerprint density at radius 1 is 1.08 bits per heavy atom. The summed E-state index contributed by atoms with van der Waals surface area (Å²) in [5.41, 5.74) is 0.963. The van der Waals surface area contributed by atoms with E-state index in [1.807, 2.05) is 0 Å². The molecule has 0 saturated carbocycles. The fraction of sp³-hybridized carbons (Fsp3) is 0.111. The molecular weight excluding hydrogens is 309 g/mol. The molecule has 5 nitrogen and oxygen atoms in total. The van der Waals surface area contributed by atoms with Crippen molar-refractivity contribution in [2.75, 3.05) is 17.3 Å². The van der Waals surface area contributed by atoms with Crippen LogP contribution in [0.15, 0.2) is 59.5 Å². The Morgan fingerprint density at radius 2 is 1.71 bits per heavy atom. The van der Waals surface area contributed by atoms with Crippen LogP contribution in [-0.4, -0.2) is 17.6 Å². The second-order valence-corrected chi connectivity index (χ2v) is 5.47. The molecule has 0 bridgehead atoms. The Morgan fingerprint density at radius 3 is 2.38 bits per heavy atom. The van der Waals surface area contributed by atoms with E-state index in [0.29, 0.717) is 22.1 Å². The van der Waals surface area contributed by atoms with Crippen LogP contribution in [0.5, 0.6) is 0 Å². The van der Waals surface area contributed by atoms with Gasteiger partial charge in [0.15, 0.2) is 0 Å². The molecule has 1 N–H and O–H groups in total. The number of aryl methyl sites for hydroxylation is 1. The number of carbonyl (C=O) groups is 1. The van der Waals surface area contributed by atoms with Crippen molar-refractivity contribution < 1.29 is 9.18 Å². The summed E-state index contributed by atoms with van der Waals surface area (Å²) < 4.78 is 14.4. The van der Waals surface area contributed by atoms with Crippen molar-refractivity contribution in [2.24, 2.45) is 7.05 Å². The van der Waals surface area contributed by atoms with Crippen molar-refractivity contribution in [1.82, 2.24) is 4.57 Å². The first-order valence-corrected chi connectivity index (χ1v) is 7.36. The lowest BCUT2D eigenvalue weighted by molar-refractivity contribution is 0.258. The number of benzene rings is 2. The Bertz CT molecular complexity index is 964. The molecule has 0 atom stereocenters. The summed E-state index contributed by atoms with van der Waals surface area (Å²) in [5, 5.41) is 4.00. The molecule has 2 amide bonds. The van der Waals surface area contributed by atoms with Crippen LogP contribution >= 0.6 is 0 Å². The van der Waals surface area contributed by atoms with Gasteiger partial charge >= 0.3 is 6.03 Å². The Kier molecular flexibility index (Phi) is 4.04. The number of hydrogen-bond donors (Lipinski definition) is 1. The van der Waals surface area contributed by atoms with E-state index in [-0.39, 0.29) is 17.4 Å². The fourth-order valence-electron chi connectivity index (χ4n) is 2.50. The number of nitrogens with zero attached hydrogens (tertiary/aromatic N) is 2. The fourth-order valence-corrected chi connectivity index (χ4v) is 2.50. The van der Waals surface area contributed by atoms with Crippen LogP contribution in [0.2, 0.25) is 0 Å². The number of nitrogens with one attached hydrogen (secondary N) is 1. The minimum atomic E-state index is -0.384. The second-order valence-electron chi connectivity index (χ2n) is 5.47. The van der Waals surface area contributed by atoms with Crippen LogP contribution in [-0.2, 0) is 7.05 Å². The molecule has 3 rings (SSSR count). The van der Waals surface area contributed by atoms with Gasteiger partial charge in [-0.2, -0.15) is 0 Å². The van der Waals surface area contributed by atoms with Gasteiger partial charge in [0, 0.05) is 36.8 Å². The van der Waals surface area contributed by atoms with Gasteiger partial charge in [0.2, 0.25) is 0 Å². The number of fused-ring (bicyclic) bond motifs is 1. The summed E-state index contributed by atoms with van der Waals surface area (Å²) in [6.45, 7) is 0. The average molecular weight is 325 g/mol. The van der Waals surface area contributed by atoms with Crippen molar-refractivity contribution >= 4 is 28.2 Å². The Labute approximate surface area is 137 Å². The largest absolute Gasteiger partial charge is 0.326 e. The van der Waals surface area contributed by atoms with Gasteiger partial charge in [-0.15, -0.1) is 0 Å². The third-order valence-electron chi connectivity index (χ3n) is 3.85. The van der Waals surface area contributed by atoms with Crippen LogP contribution in [0.4, 0.5) is 20.6 Å². The molecule has 24 heavy (non-hydrogen) atoms. The SMILES string of the molecule is CN(C(=O)Nc1cn(C)c(=O)c2ccccc12)c1ccc(F)cc1. The number of aromatic nitrogens is 1. The highest BCUT2D eigenvalue weighted by Gasteiger charge is 2.14. The molecule has 0 fully saturated rings. The minimum absolute atomic E-state index is 0.129. The van der Waals surface area contributed by atoms with Gasteiger partial charge in [-0.05, 0) is 30.3 Å². The lowest BCUT2D eigenvalue weighted by Gasteiger charge is -2.19. The van der Waals surface area contributed by atoms with Gasteiger partial charge in [-0.25, -0.2) is 9.18 Å². The first-order valence-electron chi connectivity index (χ1n) is 7.36. The van der Waals surface area contributed by atoms with Crippen LogP contribution in [0.1, 0.15) is 0 Å². The summed E-state index contributed by atoms with van der Waals surface area (Å²) in [6.07, 6.45) is 1.58. The molecule has 0 radical (unpaired) electrons. The van der Waals surface area contributed by atoms with Gasteiger partial charge in [-0.3, -0.25) is 9.69 Å². The van der Waals surface area contributed by atoms with E-state index in [9.17, 15) is 14.0 Å². The maximum Gasteiger partial charge on any atom is 0.326 e. The number of anilines is 2. The van der Waals surface area contributed by atoms with Gasteiger partial charge < -0.3 is 9.88 Å². The van der Waals surface area contributed by atoms with Crippen molar-refractivity contribution in [3.8, 4) is 0 Å². The van der Waals surface area contributed by atoms with Crippen molar-refractivity contribution in [1.29, 1.82) is 0 Å². The zero-order valence-electron chi connectivity index (χ0n) is 13.3. The maximum absolute atomic E-state index is 13.0. The number of amides is 2. The zero-order chi connectivity index (χ0) is 17.3. The molecule has 0 saturated heterocycles. The standard InChI is InChI=1S/C18H16FN3O2/c1-21-11-16(14-5-3-4-6-15(14)17(21)23)20-18(24)22(2)13-9-7-12(19)8-10-13/h3-11H,1-2H3,(H,20,24). The lowest BCUT2D eigenvalue weighted by Crippen LogP contribution is -2.31. The predicted molar refractivity (Wildman–Crippen MR) is 93.0 cm³/mol. The number of rotatable bonds is 2. The van der Waals surface area contributed by atoms with Crippen molar-refractivity contribution in [3.63, 3.8) is 0 Å². The van der Waals surface area contributed by atoms with E-state index in [1.54, 1.807) is 44.6 Å². The zero-order valence-corrected chi connectivity index (χ0v) is 13.3. The second kappa shape index (κ2) is 6.16. The molecular formula is C18H16FN3O2. The predicted octanol–water partition coefficient (Wildman–Crippen LogP) is 3.35. The first-order chi connectivity index (χ1) is 11.5. The number of halogens is 1. The first kappa shape index (κ1) is 15.7. The topological polar surface area (TPSA) is 54.3 Å². The lowest BCUT2D eigenvalue weighted by atomic mass is 10.1. The summed E-state index contributed by atoms with van der Waals surface area (Å²) in [5.74, 6) is -0.364. The summed E-state index contributed by atoms with van der Waals surface area (Å²) in [4.78, 5) is 26.0. The number of urea groups is 1. The van der Waals surface area contributed by atoms with Crippen LogP contribution in [0, 0.1) is 5.82 Å². The number of carbonyl (C=O) groups excluding carboxylic acids is 1. The quantitative estimate of drug-likeness (QED) is 0.785. The minimum Gasteiger partial charge on any atom is -0.316 e. The van der Waals surface area contributed by atoms with Crippen molar-refractivity contribution in [2.45, 2.75) is 0 Å². The molecule has 0 aliphatic heterocycles. The highest BCUT2D eigenvalue weighted by molar-refractivity contribution is 6.06. The number of hydrogen-bond acceptors (Lipinski definition) is 2. The highest BCUT2D eigenvalue weighted by atomic mass is 19.1. The number of pyridine rings is 1. The molecule has 122 valence electrons. The van der Waals surface area contributed by atoms with E-state index in [2.05, 4.69) is 5.32 Å². The summed E-state index contributed by atoms with van der Waals surface area (Å²) in [7, 11) is 3.22. The van der Waals surface area contributed by atoms with Gasteiger partial charge in [0.1, 0.15) is 5.82 Å². The molecule has 1 heterocycles. The van der Waals surface area contributed by atoms with E-state index in [1.165, 1.54) is 33.7 Å². The van der Waals surface area contributed by atoms with E-state index >= 15 is 0 Å². The normalized spacial score (nSPS) is 10.6. The Balaban J connectivity index is 1.95. The van der Waals surface area contributed by atoms with Gasteiger partial charge in [0.25, 0.3) is 5.56 Å². The maximum atomic E-state index is 13.0. The smallest absolute Gasteiger partial charge is 0.316 e. The van der Waals surface area contributed by atoms with Gasteiger partial charge in [0.05, 0.1) is 5.69 Å². The summed E-state index contributed by atoms with van der Waals surface area (Å²) >= 11 is 0. The molecule has 0 aliphatic carbocycles. The molecule has 2 aromatic carbocycles.